The van der Waals surface area contributed by atoms with Gasteiger partial charge in [0.2, 0.25) is 12.7 Å². The van der Waals surface area contributed by atoms with Gasteiger partial charge in [-0.15, -0.1) is 24.0 Å². The number of aliphatic imine (C=N–C) groups is 1. The maximum atomic E-state index is 5.80. The van der Waals surface area contributed by atoms with E-state index in [4.69, 9.17) is 14.2 Å². The first-order valence-corrected chi connectivity index (χ1v) is 9.75. The molecule has 0 amide bonds. The number of hydrogen-bond acceptors (Lipinski definition) is 5. The van der Waals surface area contributed by atoms with Crippen molar-refractivity contribution in [3.63, 3.8) is 0 Å². The van der Waals surface area contributed by atoms with Gasteiger partial charge in [0.25, 0.3) is 0 Å². The van der Waals surface area contributed by atoms with E-state index in [1.54, 1.807) is 13.2 Å². The van der Waals surface area contributed by atoms with Gasteiger partial charge in [-0.1, -0.05) is 36.4 Å². The predicted octanol–water partition coefficient (Wildman–Crippen LogP) is 3.87. The SMILES string of the molecule is CN=C(NCc1ccnc(OCc2ccccc2)c1)NCc1ccc2c(c1)OCO2.I. The van der Waals surface area contributed by atoms with Crippen LogP contribution in [-0.4, -0.2) is 24.8 Å². The van der Waals surface area contributed by atoms with Crippen molar-refractivity contribution in [3.8, 4) is 17.4 Å². The van der Waals surface area contributed by atoms with Crippen LogP contribution in [0.3, 0.4) is 0 Å². The van der Waals surface area contributed by atoms with Gasteiger partial charge in [0.15, 0.2) is 17.5 Å². The Hall–Kier alpha value is -3.01. The van der Waals surface area contributed by atoms with Crippen molar-refractivity contribution in [2.75, 3.05) is 13.8 Å². The second-order valence-corrected chi connectivity index (χ2v) is 6.74. The number of aromatic nitrogens is 1. The Morgan fingerprint density at radius 3 is 2.45 bits per heavy atom. The molecule has 162 valence electrons. The number of nitrogens with one attached hydrogen (secondary N) is 2. The predicted molar refractivity (Wildman–Crippen MR) is 130 cm³/mol. The summed E-state index contributed by atoms with van der Waals surface area (Å²) in [5.74, 6) is 2.86. The first-order valence-electron chi connectivity index (χ1n) is 9.75. The number of benzene rings is 2. The van der Waals surface area contributed by atoms with E-state index < -0.39 is 0 Å². The summed E-state index contributed by atoms with van der Waals surface area (Å²) in [6.45, 7) is 1.99. The van der Waals surface area contributed by atoms with Crippen molar-refractivity contribution >= 4 is 29.9 Å². The molecule has 0 radical (unpaired) electrons. The van der Waals surface area contributed by atoms with E-state index in [2.05, 4.69) is 20.6 Å². The van der Waals surface area contributed by atoms with Crippen LogP contribution in [0.15, 0.2) is 71.9 Å². The van der Waals surface area contributed by atoms with Gasteiger partial charge in [-0.2, -0.15) is 0 Å². The van der Waals surface area contributed by atoms with Crippen molar-refractivity contribution in [2.45, 2.75) is 19.7 Å². The second-order valence-electron chi connectivity index (χ2n) is 6.74. The minimum Gasteiger partial charge on any atom is -0.473 e. The first-order chi connectivity index (χ1) is 14.8. The zero-order valence-electron chi connectivity index (χ0n) is 17.2. The quantitative estimate of drug-likeness (QED) is 0.274. The highest BCUT2D eigenvalue weighted by Gasteiger charge is 2.13. The third-order valence-corrected chi connectivity index (χ3v) is 4.61. The molecule has 0 saturated heterocycles. The molecule has 0 fully saturated rings. The average Bonchev–Trinajstić information content (AvgIpc) is 3.27. The number of fused-ring (bicyclic) bond motifs is 1. The van der Waals surface area contributed by atoms with E-state index in [1.165, 1.54) is 0 Å². The molecule has 3 aromatic rings. The molecular weight excluding hydrogens is 507 g/mol. The van der Waals surface area contributed by atoms with Crippen molar-refractivity contribution < 1.29 is 14.2 Å². The fraction of sp³-hybridized carbons (Fsp3) is 0.217. The maximum absolute atomic E-state index is 5.80. The summed E-state index contributed by atoms with van der Waals surface area (Å²) in [7, 11) is 1.75. The Morgan fingerprint density at radius 2 is 1.68 bits per heavy atom. The highest BCUT2D eigenvalue weighted by Crippen LogP contribution is 2.32. The molecule has 0 aliphatic carbocycles. The van der Waals surface area contributed by atoms with E-state index in [0.29, 0.717) is 31.5 Å². The zero-order chi connectivity index (χ0) is 20.6. The lowest BCUT2D eigenvalue weighted by Crippen LogP contribution is -2.36. The first kappa shape index (κ1) is 22.7. The van der Waals surface area contributed by atoms with Gasteiger partial charge in [0, 0.05) is 32.4 Å². The van der Waals surface area contributed by atoms with Crippen LogP contribution in [-0.2, 0) is 19.7 Å². The molecule has 1 aliphatic rings. The van der Waals surface area contributed by atoms with Crippen molar-refractivity contribution in [1.29, 1.82) is 0 Å². The summed E-state index contributed by atoms with van der Waals surface area (Å²) in [5, 5.41) is 6.61. The Morgan fingerprint density at radius 1 is 0.935 bits per heavy atom. The van der Waals surface area contributed by atoms with Crippen LogP contribution in [0, 0.1) is 0 Å². The maximum Gasteiger partial charge on any atom is 0.231 e. The average molecular weight is 532 g/mol. The van der Waals surface area contributed by atoms with Crippen LogP contribution >= 0.6 is 24.0 Å². The molecule has 0 unspecified atom stereocenters. The molecule has 0 bridgehead atoms. The van der Waals surface area contributed by atoms with Crippen molar-refractivity contribution in [1.82, 2.24) is 15.6 Å². The number of halogens is 1. The fourth-order valence-corrected chi connectivity index (χ4v) is 3.01. The van der Waals surface area contributed by atoms with Gasteiger partial charge < -0.3 is 24.8 Å². The van der Waals surface area contributed by atoms with Crippen LogP contribution in [0.4, 0.5) is 0 Å². The minimum absolute atomic E-state index is 0. The highest BCUT2D eigenvalue weighted by atomic mass is 127. The number of pyridine rings is 1. The minimum atomic E-state index is 0. The van der Waals surface area contributed by atoms with Gasteiger partial charge in [0.1, 0.15) is 6.61 Å². The second kappa shape index (κ2) is 11.4. The summed E-state index contributed by atoms with van der Waals surface area (Å²) < 4.78 is 16.6. The van der Waals surface area contributed by atoms with Crippen LogP contribution in [0.2, 0.25) is 0 Å². The summed E-state index contributed by atoms with van der Waals surface area (Å²) >= 11 is 0. The molecule has 1 aliphatic heterocycles. The van der Waals surface area contributed by atoms with Crippen molar-refractivity contribution in [3.05, 3.63) is 83.6 Å². The van der Waals surface area contributed by atoms with Gasteiger partial charge >= 0.3 is 0 Å². The van der Waals surface area contributed by atoms with E-state index in [1.807, 2.05) is 60.7 Å². The smallest absolute Gasteiger partial charge is 0.231 e. The summed E-state index contributed by atoms with van der Waals surface area (Å²) in [4.78, 5) is 8.57. The molecular formula is C23H25IN4O3. The molecule has 0 spiro atoms. The molecule has 4 rings (SSSR count). The van der Waals surface area contributed by atoms with Gasteiger partial charge in [-0.05, 0) is 34.9 Å². The van der Waals surface area contributed by atoms with Gasteiger partial charge in [-0.3, -0.25) is 4.99 Å². The zero-order valence-corrected chi connectivity index (χ0v) is 19.5. The van der Waals surface area contributed by atoms with Crippen LogP contribution in [0.5, 0.6) is 17.4 Å². The Labute approximate surface area is 198 Å². The van der Waals surface area contributed by atoms with E-state index in [0.717, 1.165) is 28.2 Å². The monoisotopic (exact) mass is 532 g/mol. The topological polar surface area (TPSA) is 77.0 Å². The number of rotatable bonds is 7. The van der Waals surface area contributed by atoms with E-state index in [-0.39, 0.29) is 30.8 Å². The van der Waals surface area contributed by atoms with E-state index in [9.17, 15) is 0 Å². The number of hydrogen-bond donors (Lipinski definition) is 2. The Kier molecular flexibility index (Phi) is 8.34. The van der Waals surface area contributed by atoms with Crippen molar-refractivity contribution in [2.24, 2.45) is 4.99 Å². The number of guanidine groups is 1. The molecule has 1 aromatic heterocycles. The number of nitrogens with zero attached hydrogens (tertiary/aromatic N) is 2. The Bertz CT molecular complexity index is 1010. The lowest BCUT2D eigenvalue weighted by molar-refractivity contribution is 0.174. The third-order valence-electron chi connectivity index (χ3n) is 4.61. The normalized spacial score (nSPS) is 12.1. The number of ether oxygens (including phenoxy) is 3. The standard InChI is InChI=1S/C23H24N4O3.HI/c1-24-23(26-13-18-7-8-20-21(11-18)30-16-29-20)27-14-19-9-10-25-22(12-19)28-15-17-5-3-2-4-6-17;/h2-12H,13-16H2,1H3,(H2,24,26,27);1H. The molecule has 31 heavy (non-hydrogen) atoms. The molecule has 8 heteroatoms. The van der Waals surface area contributed by atoms with Gasteiger partial charge in [0.05, 0.1) is 0 Å². The lowest BCUT2D eigenvalue weighted by atomic mass is 10.2. The van der Waals surface area contributed by atoms with Gasteiger partial charge in [-0.25, -0.2) is 4.98 Å². The molecule has 7 nitrogen and oxygen atoms in total. The molecule has 2 aromatic carbocycles. The Balaban J connectivity index is 0.00000272. The highest BCUT2D eigenvalue weighted by molar-refractivity contribution is 14.0. The molecule has 0 atom stereocenters. The summed E-state index contributed by atoms with van der Waals surface area (Å²) in [6.07, 6.45) is 1.75. The summed E-state index contributed by atoms with van der Waals surface area (Å²) in [5.41, 5.74) is 3.25. The third kappa shape index (κ3) is 6.48. The van der Waals surface area contributed by atoms with Crippen LogP contribution in [0.25, 0.3) is 0 Å². The molecule has 2 heterocycles. The van der Waals surface area contributed by atoms with Crippen LogP contribution < -0.4 is 24.8 Å². The lowest BCUT2D eigenvalue weighted by Gasteiger charge is -2.13. The largest absolute Gasteiger partial charge is 0.473 e. The summed E-state index contributed by atoms with van der Waals surface area (Å²) in [6, 6.07) is 19.8. The molecule has 2 N–H and O–H groups in total. The van der Waals surface area contributed by atoms with Crippen LogP contribution in [0.1, 0.15) is 16.7 Å². The fourth-order valence-electron chi connectivity index (χ4n) is 3.01. The van der Waals surface area contributed by atoms with E-state index >= 15 is 0 Å². The molecule has 0 saturated carbocycles.